The highest BCUT2D eigenvalue weighted by molar-refractivity contribution is 9.10. The summed E-state index contributed by atoms with van der Waals surface area (Å²) in [5.41, 5.74) is 1.15. The molecule has 2 aromatic carbocycles. The minimum Gasteiger partial charge on any atom is -0.338 e. The number of imidazole rings is 1. The number of benzene rings is 2. The molecule has 0 saturated carbocycles. The van der Waals surface area contributed by atoms with Crippen LogP contribution < -0.4 is 0 Å². The van der Waals surface area contributed by atoms with E-state index in [4.69, 9.17) is 0 Å². The number of hydrogen-bond donors (Lipinski definition) is 1. The topological polar surface area (TPSA) is 62.8 Å². The number of aromatic amines is 1. The van der Waals surface area contributed by atoms with Crippen molar-refractivity contribution < 1.29 is 12.8 Å². The number of H-pyrrole nitrogens is 1. The van der Waals surface area contributed by atoms with E-state index in [9.17, 15) is 12.8 Å². The number of para-hydroxylation sites is 1. The molecule has 0 bridgehead atoms. The van der Waals surface area contributed by atoms with E-state index in [2.05, 4.69) is 25.9 Å². The van der Waals surface area contributed by atoms with E-state index in [1.165, 1.54) is 12.1 Å². The molecule has 0 saturated heterocycles. The lowest BCUT2D eigenvalue weighted by atomic mass is 10.2. The fourth-order valence-corrected chi connectivity index (χ4v) is 3.28. The van der Waals surface area contributed by atoms with Gasteiger partial charge >= 0.3 is 0 Å². The molecule has 3 rings (SSSR count). The van der Waals surface area contributed by atoms with Crippen molar-refractivity contribution in [3.05, 3.63) is 46.7 Å². The van der Waals surface area contributed by atoms with Gasteiger partial charge in [-0.25, -0.2) is 17.8 Å². The van der Waals surface area contributed by atoms with Crippen LogP contribution in [-0.2, 0) is 9.84 Å². The molecule has 0 amide bonds. The maximum absolute atomic E-state index is 14.0. The standard InChI is InChI=1S/C14H10BrFN2O2S/c1-21(19,20)12-4-2-3-11-13(12)18-14(17-11)9-6-5-8(15)7-10(9)16/h2-7H,1H3,(H,17,18). The van der Waals surface area contributed by atoms with Gasteiger partial charge in [0.1, 0.15) is 17.2 Å². The molecule has 0 unspecified atom stereocenters. The van der Waals surface area contributed by atoms with Gasteiger partial charge in [-0.3, -0.25) is 0 Å². The summed E-state index contributed by atoms with van der Waals surface area (Å²) in [6, 6.07) is 9.43. The molecule has 0 aliphatic heterocycles. The van der Waals surface area contributed by atoms with Gasteiger partial charge in [-0.1, -0.05) is 22.0 Å². The first kappa shape index (κ1) is 14.2. The van der Waals surface area contributed by atoms with E-state index >= 15 is 0 Å². The second kappa shape index (κ2) is 4.92. The first-order valence-electron chi connectivity index (χ1n) is 6.00. The van der Waals surface area contributed by atoms with E-state index in [0.29, 0.717) is 21.3 Å². The van der Waals surface area contributed by atoms with Crippen LogP contribution in [0.3, 0.4) is 0 Å². The molecule has 0 atom stereocenters. The Morgan fingerprint density at radius 1 is 1.24 bits per heavy atom. The molecule has 0 aliphatic rings. The summed E-state index contributed by atoms with van der Waals surface area (Å²) in [7, 11) is -3.40. The second-order valence-corrected chi connectivity index (χ2v) is 7.53. The van der Waals surface area contributed by atoms with Crippen LogP contribution in [0.5, 0.6) is 0 Å². The number of fused-ring (bicyclic) bond motifs is 1. The summed E-state index contributed by atoms with van der Waals surface area (Å²) in [5, 5.41) is 0. The normalized spacial score (nSPS) is 12.0. The van der Waals surface area contributed by atoms with Crippen LogP contribution in [0.2, 0.25) is 0 Å². The predicted molar refractivity (Wildman–Crippen MR) is 82.3 cm³/mol. The third-order valence-electron chi connectivity index (χ3n) is 3.06. The summed E-state index contributed by atoms with van der Waals surface area (Å²) < 4.78 is 38.2. The third kappa shape index (κ3) is 2.58. The van der Waals surface area contributed by atoms with E-state index in [0.717, 1.165) is 6.26 Å². The van der Waals surface area contributed by atoms with Crippen molar-refractivity contribution in [2.75, 3.05) is 6.26 Å². The Morgan fingerprint density at radius 3 is 2.67 bits per heavy atom. The first-order chi connectivity index (χ1) is 9.86. The molecule has 21 heavy (non-hydrogen) atoms. The molecule has 0 radical (unpaired) electrons. The molecule has 3 aromatic rings. The van der Waals surface area contributed by atoms with Gasteiger partial charge in [0.05, 0.1) is 16.0 Å². The smallest absolute Gasteiger partial charge is 0.177 e. The highest BCUT2D eigenvalue weighted by Gasteiger charge is 2.17. The van der Waals surface area contributed by atoms with Crippen LogP contribution in [0, 0.1) is 5.82 Å². The van der Waals surface area contributed by atoms with E-state index in [-0.39, 0.29) is 10.5 Å². The lowest BCUT2D eigenvalue weighted by Gasteiger charge is -1.99. The maximum atomic E-state index is 14.0. The fourth-order valence-electron chi connectivity index (χ4n) is 2.11. The van der Waals surface area contributed by atoms with Crippen LogP contribution in [0.4, 0.5) is 4.39 Å². The highest BCUT2D eigenvalue weighted by atomic mass is 79.9. The number of hydrogen-bond acceptors (Lipinski definition) is 3. The minimum atomic E-state index is -3.40. The van der Waals surface area contributed by atoms with Crippen molar-refractivity contribution in [2.24, 2.45) is 0 Å². The zero-order valence-electron chi connectivity index (χ0n) is 10.9. The van der Waals surface area contributed by atoms with Gasteiger partial charge in [-0.15, -0.1) is 0 Å². The SMILES string of the molecule is CS(=O)(=O)c1cccc2[nH]c(-c3ccc(Br)cc3F)nc12. The Morgan fingerprint density at radius 2 is 2.00 bits per heavy atom. The summed E-state index contributed by atoms with van der Waals surface area (Å²) in [4.78, 5) is 7.33. The van der Waals surface area contributed by atoms with Crippen LogP contribution in [0.1, 0.15) is 0 Å². The van der Waals surface area contributed by atoms with E-state index < -0.39 is 15.7 Å². The van der Waals surface area contributed by atoms with E-state index in [1.807, 2.05) is 0 Å². The summed E-state index contributed by atoms with van der Waals surface area (Å²) in [6.07, 6.45) is 1.12. The summed E-state index contributed by atoms with van der Waals surface area (Å²) in [5.74, 6) is -0.143. The number of nitrogens with zero attached hydrogens (tertiary/aromatic N) is 1. The molecular weight excluding hydrogens is 359 g/mol. The lowest BCUT2D eigenvalue weighted by molar-refractivity contribution is 0.602. The number of rotatable bonds is 2. The molecule has 0 fully saturated rings. The van der Waals surface area contributed by atoms with E-state index in [1.54, 1.807) is 24.3 Å². The summed E-state index contributed by atoms with van der Waals surface area (Å²) >= 11 is 3.19. The Kier molecular flexibility index (Phi) is 3.33. The molecule has 0 spiro atoms. The average Bonchev–Trinajstić information content (AvgIpc) is 2.80. The minimum absolute atomic E-state index is 0.125. The summed E-state index contributed by atoms with van der Waals surface area (Å²) in [6.45, 7) is 0. The van der Waals surface area contributed by atoms with Crippen LogP contribution in [0.15, 0.2) is 45.8 Å². The van der Waals surface area contributed by atoms with Gasteiger partial charge in [-0.05, 0) is 30.3 Å². The van der Waals surface area contributed by atoms with Crippen molar-refractivity contribution in [2.45, 2.75) is 4.90 Å². The highest BCUT2D eigenvalue weighted by Crippen LogP contribution is 2.28. The molecular formula is C14H10BrFN2O2S. The number of nitrogens with one attached hydrogen (secondary N) is 1. The Labute approximate surface area is 129 Å². The maximum Gasteiger partial charge on any atom is 0.177 e. The van der Waals surface area contributed by atoms with Gasteiger partial charge in [0.2, 0.25) is 0 Å². The number of halogens is 2. The molecule has 1 N–H and O–H groups in total. The molecule has 7 heteroatoms. The van der Waals surface area contributed by atoms with Crippen molar-refractivity contribution in [1.82, 2.24) is 9.97 Å². The average molecular weight is 369 g/mol. The Bertz CT molecular complexity index is 951. The molecule has 4 nitrogen and oxygen atoms in total. The monoisotopic (exact) mass is 368 g/mol. The quantitative estimate of drug-likeness (QED) is 0.752. The first-order valence-corrected chi connectivity index (χ1v) is 8.69. The molecule has 1 aromatic heterocycles. The van der Waals surface area contributed by atoms with Gasteiger partial charge in [0, 0.05) is 10.7 Å². The fraction of sp³-hybridized carbons (Fsp3) is 0.0714. The van der Waals surface area contributed by atoms with Crippen LogP contribution >= 0.6 is 15.9 Å². The van der Waals surface area contributed by atoms with Crippen LogP contribution in [-0.4, -0.2) is 24.6 Å². The van der Waals surface area contributed by atoms with Crippen molar-refractivity contribution in [3.63, 3.8) is 0 Å². The van der Waals surface area contributed by atoms with Crippen LogP contribution in [0.25, 0.3) is 22.4 Å². The van der Waals surface area contributed by atoms with Gasteiger partial charge in [-0.2, -0.15) is 0 Å². The zero-order valence-corrected chi connectivity index (χ0v) is 13.3. The second-order valence-electron chi connectivity index (χ2n) is 4.63. The molecule has 108 valence electrons. The van der Waals surface area contributed by atoms with Crippen molar-refractivity contribution >= 4 is 36.8 Å². The van der Waals surface area contributed by atoms with Gasteiger partial charge in [0.15, 0.2) is 9.84 Å². The third-order valence-corrected chi connectivity index (χ3v) is 4.68. The zero-order chi connectivity index (χ0) is 15.2. The molecule has 0 aliphatic carbocycles. The van der Waals surface area contributed by atoms with Crippen molar-refractivity contribution in [3.8, 4) is 11.4 Å². The predicted octanol–water partition coefficient (Wildman–Crippen LogP) is 3.54. The molecule has 1 heterocycles. The Hall–Kier alpha value is -1.73. The Balaban J connectivity index is 2.27. The largest absolute Gasteiger partial charge is 0.338 e. The van der Waals surface area contributed by atoms with Crippen molar-refractivity contribution in [1.29, 1.82) is 0 Å². The lowest BCUT2D eigenvalue weighted by Crippen LogP contribution is -1.97. The number of sulfone groups is 1. The number of aromatic nitrogens is 2. The van der Waals surface area contributed by atoms with Gasteiger partial charge in [0.25, 0.3) is 0 Å². The van der Waals surface area contributed by atoms with Gasteiger partial charge < -0.3 is 4.98 Å².